The molecule has 1 aliphatic heterocycles. The van der Waals surface area contributed by atoms with Crippen LogP contribution in [0.25, 0.3) is 0 Å². The minimum Gasteiger partial charge on any atom is -0.365 e. The summed E-state index contributed by atoms with van der Waals surface area (Å²) in [4.78, 5) is 3.92. The van der Waals surface area contributed by atoms with Gasteiger partial charge in [-0.25, -0.2) is 4.99 Å². The van der Waals surface area contributed by atoms with Gasteiger partial charge in [0.15, 0.2) is 0 Å². The Morgan fingerprint density at radius 3 is 2.86 bits per heavy atom. The van der Waals surface area contributed by atoms with Crippen molar-refractivity contribution in [3.8, 4) is 0 Å². The largest absolute Gasteiger partial charge is 0.365 e. The fourth-order valence-electron chi connectivity index (χ4n) is 0.404. The first-order chi connectivity index (χ1) is 3.39. The maximum Gasteiger partial charge on any atom is 0.0988 e. The van der Waals surface area contributed by atoms with Gasteiger partial charge in [-0.15, -0.1) is 0 Å². The molecule has 0 amide bonds. The first-order valence-electron chi connectivity index (χ1n) is 2.19. The molecule has 1 N–H and O–H groups in total. The molecule has 7 heavy (non-hydrogen) atoms. The van der Waals surface area contributed by atoms with Crippen LogP contribution in [0.15, 0.2) is 17.3 Å². The lowest BCUT2D eigenvalue weighted by atomic mass is 10.5. The molecule has 0 saturated heterocycles. The summed E-state index contributed by atoms with van der Waals surface area (Å²) in [5.74, 6) is 0.947. The van der Waals surface area contributed by atoms with E-state index in [1.54, 1.807) is 6.20 Å². The van der Waals surface area contributed by atoms with Gasteiger partial charge in [0.1, 0.15) is 0 Å². The summed E-state index contributed by atoms with van der Waals surface area (Å²) in [6.07, 6.45) is 3.61. The zero-order valence-corrected chi connectivity index (χ0v) is 4.18. The highest BCUT2D eigenvalue weighted by molar-refractivity contribution is 5.81. The van der Waals surface area contributed by atoms with Crippen LogP contribution in [0.1, 0.15) is 6.92 Å². The van der Waals surface area contributed by atoms with E-state index in [9.17, 15) is 0 Å². The standard InChI is InChI=1S/C5H7N2/c1-5-6-3-2-4-7-5/h2-4H,1H3,(H,6,7). The molecule has 0 spiro atoms. The molecule has 2 nitrogen and oxygen atoms in total. The van der Waals surface area contributed by atoms with E-state index in [1.165, 1.54) is 0 Å². The first-order valence-corrected chi connectivity index (χ1v) is 2.19. The van der Waals surface area contributed by atoms with Crippen LogP contribution in [0.4, 0.5) is 0 Å². The molecule has 0 atom stereocenters. The summed E-state index contributed by atoms with van der Waals surface area (Å²) < 4.78 is 0. The molecule has 0 fully saturated rings. The van der Waals surface area contributed by atoms with Gasteiger partial charge >= 0.3 is 0 Å². The Kier molecular flexibility index (Phi) is 1.11. The van der Waals surface area contributed by atoms with Crippen molar-refractivity contribution in [3.05, 3.63) is 18.8 Å². The Bertz CT molecular complexity index is 113. The van der Waals surface area contributed by atoms with E-state index in [2.05, 4.69) is 10.3 Å². The van der Waals surface area contributed by atoms with Crippen molar-refractivity contribution in [3.63, 3.8) is 0 Å². The Hall–Kier alpha value is -0.790. The molecular weight excluding hydrogens is 88.1 g/mol. The molecular formula is C5H7N2. The summed E-state index contributed by atoms with van der Waals surface area (Å²) in [5, 5.41) is 2.92. The first kappa shape index (κ1) is 4.37. The van der Waals surface area contributed by atoms with Gasteiger partial charge in [0.25, 0.3) is 0 Å². The van der Waals surface area contributed by atoms with Crippen LogP contribution in [-0.4, -0.2) is 5.84 Å². The van der Waals surface area contributed by atoms with Crippen molar-refractivity contribution in [2.24, 2.45) is 4.99 Å². The van der Waals surface area contributed by atoms with Crippen molar-refractivity contribution < 1.29 is 0 Å². The highest BCUT2D eigenvalue weighted by Gasteiger charge is 1.87. The highest BCUT2D eigenvalue weighted by atomic mass is 15.0. The lowest BCUT2D eigenvalue weighted by Crippen LogP contribution is -2.17. The molecule has 0 aromatic heterocycles. The van der Waals surface area contributed by atoms with E-state index in [0.29, 0.717) is 0 Å². The maximum absolute atomic E-state index is 3.92. The molecule has 1 rings (SSSR count). The van der Waals surface area contributed by atoms with Crippen molar-refractivity contribution in [2.75, 3.05) is 0 Å². The van der Waals surface area contributed by atoms with E-state index in [4.69, 9.17) is 0 Å². The molecule has 0 unspecified atom stereocenters. The predicted octanol–water partition coefficient (Wildman–Crippen LogP) is 0.683. The van der Waals surface area contributed by atoms with Gasteiger partial charge in [-0.2, -0.15) is 0 Å². The molecule has 1 aliphatic rings. The summed E-state index contributed by atoms with van der Waals surface area (Å²) in [7, 11) is 0. The van der Waals surface area contributed by atoms with E-state index < -0.39 is 0 Å². The quantitative estimate of drug-likeness (QED) is 0.470. The lowest BCUT2D eigenvalue weighted by Gasteiger charge is -2.01. The minimum absolute atomic E-state index is 0.947. The van der Waals surface area contributed by atoms with Crippen LogP contribution < -0.4 is 5.32 Å². The van der Waals surface area contributed by atoms with Crippen LogP contribution in [0, 0.1) is 6.54 Å². The van der Waals surface area contributed by atoms with E-state index in [0.717, 1.165) is 5.84 Å². The van der Waals surface area contributed by atoms with Crippen LogP contribution in [0.5, 0.6) is 0 Å². The van der Waals surface area contributed by atoms with Crippen LogP contribution >= 0.6 is 0 Å². The Morgan fingerprint density at radius 1 is 1.71 bits per heavy atom. The zero-order valence-electron chi connectivity index (χ0n) is 4.18. The second-order valence-electron chi connectivity index (χ2n) is 1.37. The third-order valence-corrected chi connectivity index (χ3v) is 0.743. The van der Waals surface area contributed by atoms with Gasteiger partial charge in [-0.05, 0) is 13.0 Å². The van der Waals surface area contributed by atoms with Crippen molar-refractivity contribution >= 4 is 5.84 Å². The second-order valence-corrected chi connectivity index (χ2v) is 1.37. The molecule has 0 saturated carbocycles. The number of aliphatic imine (C=N–C) groups is 1. The van der Waals surface area contributed by atoms with E-state index in [1.807, 2.05) is 19.5 Å². The second kappa shape index (κ2) is 1.78. The summed E-state index contributed by atoms with van der Waals surface area (Å²) in [6.45, 7) is 3.77. The van der Waals surface area contributed by atoms with Gasteiger partial charge in [-0.1, -0.05) is 0 Å². The van der Waals surface area contributed by atoms with E-state index in [-0.39, 0.29) is 0 Å². The van der Waals surface area contributed by atoms with Crippen molar-refractivity contribution in [2.45, 2.75) is 6.92 Å². The van der Waals surface area contributed by atoms with Gasteiger partial charge in [0, 0.05) is 6.20 Å². The summed E-state index contributed by atoms with van der Waals surface area (Å²) in [6, 6.07) is 0. The van der Waals surface area contributed by atoms with Crippen molar-refractivity contribution in [1.29, 1.82) is 0 Å². The smallest absolute Gasteiger partial charge is 0.0988 e. The molecule has 37 valence electrons. The Balaban J connectivity index is 2.57. The number of rotatable bonds is 0. The average molecular weight is 95.1 g/mol. The Labute approximate surface area is 42.9 Å². The van der Waals surface area contributed by atoms with Gasteiger partial charge in [-0.3, -0.25) is 0 Å². The van der Waals surface area contributed by atoms with Crippen LogP contribution in [-0.2, 0) is 0 Å². The maximum atomic E-state index is 3.92. The monoisotopic (exact) mass is 95.1 g/mol. The van der Waals surface area contributed by atoms with Gasteiger partial charge in [0.05, 0.1) is 12.4 Å². The molecule has 1 radical (unpaired) electrons. The highest BCUT2D eigenvalue weighted by Crippen LogP contribution is 1.86. The third kappa shape index (κ3) is 1.03. The van der Waals surface area contributed by atoms with Gasteiger partial charge < -0.3 is 5.32 Å². The normalized spacial score (nSPS) is 18.1. The van der Waals surface area contributed by atoms with Crippen molar-refractivity contribution in [1.82, 2.24) is 5.32 Å². The fraction of sp³-hybridized carbons (Fsp3) is 0.200. The molecule has 0 aromatic rings. The molecule has 2 heteroatoms. The summed E-state index contributed by atoms with van der Waals surface area (Å²) >= 11 is 0. The number of nitrogens with one attached hydrogen (secondary N) is 1. The molecule has 1 heterocycles. The number of nitrogens with zero attached hydrogens (tertiary/aromatic N) is 1. The number of amidine groups is 1. The average Bonchev–Trinajstić information content (AvgIpc) is 1.69. The molecule has 0 aliphatic carbocycles. The minimum atomic E-state index is 0.947. The van der Waals surface area contributed by atoms with Gasteiger partial charge in [0.2, 0.25) is 0 Å². The molecule has 0 bridgehead atoms. The zero-order chi connectivity index (χ0) is 5.11. The van der Waals surface area contributed by atoms with Crippen LogP contribution in [0.2, 0.25) is 0 Å². The van der Waals surface area contributed by atoms with Crippen LogP contribution in [0.3, 0.4) is 0 Å². The lowest BCUT2D eigenvalue weighted by molar-refractivity contribution is 1.12. The topological polar surface area (TPSA) is 24.4 Å². The Morgan fingerprint density at radius 2 is 2.57 bits per heavy atom. The number of hydrogen-bond donors (Lipinski definition) is 1. The number of hydrogen-bond acceptors (Lipinski definition) is 2. The SMILES string of the molecule is CC1=NC=C[CH]N1. The predicted molar refractivity (Wildman–Crippen MR) is 29.7 cm³/mol. The third-order valence-electron chi connectivity index (χ3n) is 0.743. The summed E-state index contributed by atoms with van der Waals surface area (Å²) in [5.41, 5.74) is 0. The van der Waals surface area contributed by atoms with E-state index >= 15 is 0 Å². The fourth-order valence-corrected chi connectivity index (χ4v) is 0.404. The molecule has 0 aromatic carbocycles.